The molecular formula is C21H24N4O3S3. The number of carbonyl (C=O) groups is 1. The van der Waals surface area contributed by atoms with Gasteiger partial charge in [-0.15, -0.1) is 10.2 Å². The highest BCUT2D eigenvalue weighted by Gasteiger charge is 2.20. The quantitative estimate of drug-likeness (QED) is 0.352. The summed E-state index contributed by atoms with van der Waals surface area (Å²) in [6.45, 7) is 7.85. The SMILES string of the molecule is Cc1ccc(NS(=O)(=O)c2cc(C(=O)Nc3nnc(SCC(C)C)s3)ccc2C)cc1. The number of benzene rings is 2. The summed E-state index contributed by atoms with van der Waals surface area (Å²) in [6.07, 6.45) is 0. The Morgan fingerprint density at radius 1 is 1.10 bits per heavy atom. The van der Waals surface area contributed by atoms with E-state index >= 15 is 0 Å². The molecule has 0 spiro atoms. The fourth-order valence-corrected chi connectivity index (χ4v) is 5.64. The average molecular weight is 477 g/mol. The van der Waals surface area contributed by atoms with Crippen molar-refractivity contribution in [2.45, 2.75) is 36.9 Å². The number of amides is 1. The molecule has 0 bridgehead atoms. The third kappa shape index (κ3) is 6.28. The normalized spacial score (nSPS) is 11.5. The number of hydrogen-bond donors (Lipinski definition) is 2. The van der Waals surface area contributed by atoms with Crippen molar-refractivity contribution in [3.05, 3.63) is 59.2 Å². The lowest BCUT2D eigenvalue weighted by atomic mass is 10.1. The molecule has 3 aromatic rings. The van der Waals surface area contributed by atoms with Crippen LogP contribution in [0.2, 0.25) is 0 Å². The van der Waals surface area contributed by atoms with Crippen molar-refractivity contribution in [1.29, 1.82) is 0 Å². The summed E-state index contributed by atoms with van der Waals surface area (Å²) in [7, 11) is -3.86. The monoisotopic (exact) mass is 476 g/mol. The molecule has 0 atom stereocenters. The van der Waals surface area contributed by atoms with E-state index in [1.165, 1.54) is 17.4 Å². The lowest BCUT2D eigenvalue weighted by Gasteiger charge is -2.12. The summed E-state index contributed by atoms with van der Waals surface area (Å²) < 4.78 is 29.1. The molecule has 1 heterocycles. The summed E-state index contributed by atoms with van der Waals surface area (Å²) in [5.74, 6) is 0.993. The first-order valence-corrected chi connectivity index (χ1v) is 12.9. The lowest BCUT2D eigenvalue weighted by molar-refractivity contribution is 0.102. The van der Waals surface area contributed by atoms with E-state index in [9.17, 15) is 13.2 Å². The van der Waals surface area contributed by atoms with Crippen LogP contribution in [0.15, 0.2) is 51.7 Å². The average Bonchev–Trinajstić information content (AvgIpc) is 3.15. The number of aryl methyl sites for hydroxylation is 2. The molecule has 0 radical (unpaired) electrons. The molecule has 7 nitrogen and oxygen atoms in total. The van der Waals surface area contributed by atoms with Crippen LogP contribution in [0.25, 0.3) is 0 Å². The molecule has 0 saturated carbocycles. The highest BCUT2D eigenvalue weighted by atomic mass is 32.2. The van der Waals surface area contributed by atoms with Crippen molar-refractivity contribution in [2.24, 2.45) is 5.92 Å². The Hall–Kier alpha value is -2.43. The van der Waals surface area contributed by atoms with Gasteiger partial charge in [0.15, 0.2) is 4.34 Å². The fraction of sp³-hybridized carbons (Fsp3) is 0.286. The van der Waals surface area contributed by atoms with Crippen LogP contribution in [0.1, 0.15) is 35.3 Å². The van der Waals surface area contributed by atoms with Crippen LogP contribution in [-0.4, -0.2) is 30.3 Å². The van der Waals surface area contributed by atoms with E-state index in [1.807, 2.05) is 19.1 Å². The van der Waals surface area contributed by atoms with Gasteiger partial charge in [0.2, 0.25) is 5.13 Å². The first kappa shape index (κ1) is 23.2. The van der Waals surface area contributed by atoms with E-state index in [-0.39, 0.29) is 10.5 Å². The number of aromatic nitrogens is 2. The van der Waals surface area contributed by atoms with Gasteiger partial charge < -0.3 is 0 Å². The number of nitrogens with zero attached hydrogens (tertiary/aromatic N) is 2. The summed E-state index contributed by atoms with van der Waals surface area (Å²) in [4.78, 5) is 12.7. The van der Waals surface area contributed by atoms with Crippen LogP contribution < -0.4 is 10.0 Å². The van der Waals surface area contributed by atoms with Gasteiger partial charge in [-0.3, -0.25) is 14.8 Å². The maximum atomic E-state index is 12.9. The summed E-state index contributed by atoms with van der Waals surface area (Å²) in [5, 5.41) is 11.1. The molecule has 10 heteroatoms. The summed E-state index contributed by atoms with van der Waals surface area (Å²) >= 11 is 2.88. The molecule has 31 heavy (non-hydrogen) atoms. The van der Waals surface area contributed by atoms with Gasteiger partial charge in [-0.05, 0) is 49.6 Å². The maximum Gasteiger partial charge on any atom is 0.262 e. The van der Waals surface area contributed by atoms with Crippen LogP contribution in [0.4, 0.5) is 10.8 Å². The molecule has 164 valence electrons. The van der Waals surface area contributed by atoms with E-state index in [0.717, 1.165) is 15.7 Å². The number of thioether (sulfide) groups is 1. The second kappa shape index (κ2) is 9.80. The van der Waals surface area contributed by atoms with Gasteiger partial charge in [0.05, 0.1) is 4.90 Å². The molecule has 2 N–H and O–H groups in total. The Morgan fingerprint density at radius 2 is 1.81 bits per heavy atom. The Morgan fingerprint density at radius 3 is 2.48 bits per heavy atom. The first-order valence-electron chi connectivity index (χ1n) is 9.62. The Balaban J connectivity index is 1.76. The largest absolute Gasteiger partial charge is 0.296 e. The molecule has 1 amide bonds. The van der Waals surface area contributed by atoms with E-state index in [0.29, 0.717) is 22.3 Å². The van der Waals surface area contributed by atoms with Crippen molar-refractivity contribution in [1.82, 2.24) is 10.2 Å². The number of rotatable bonds is 8. The van der Waals surface area contributed by atoms with Crippen LogP contribution in [0.5, 0.6) is 0 Å². The van der Waals surface area contributed by atoms with Crippen molar-refractivity contribution in [3.63, 3.8) is 0 Å². The molecule has 0 fully saturated rings. The Bertz CT molecular complexity index is 1170. The number of hydrogen-bond acceptors (Lipinski definition) is 7. The summed E-state index contributed by atoms with van der Waals surface area (Å²) in [5.41, 5.74) is 2.25. The predicted octanol–water partition coefficient (Wildman–Crippen LogP) is 4.96. The zero-order valence-corrected chi connectivity index (χ0v) is 20.1. The molecule has 1 aromatic heterocycles. The van der Waals surface area contributed by atoms with Gasteiger partial charge in [0, 0.05) is 17.0 Å². The number of anilines is 2. The van der Waals surface area contributed by atoms with E-state index in [1.54, 1.807) is 43.0 Å². The fourth-order valence-electron chi connectivity index (χ4n) is 2.59. The van der Waals surface area contributed by atoms with Gasteiger partial charge in [-0.2, -0.15) is 0 Å². The minimum absolute atomic E-state index is 0.0474. The van der Waals surface area contributed by atoms with Gasteiger partial charge in [0.25, 0.3) is 15.9 Å². The zero-order valence-electron chi connectivity index (χ0n) is 17.7. The minimum atomic E-state index is -3.86. The van der Waals surface area contributed by atoms with Crippen LogP contribution in [-0.2, 0) is 10.0 Å². The second-order valence-corrected chi connectivity index (χ2v) is 11.4. The number of carbonyl (C=O) groups excluding carboxylic acids is 1. The first-order chi connectivity index (χ1) is 14.6. The molecule has 0 aliphatic rings. The van der Waals surface area contributed by atoms with Gasteiger partial charge in [-0.25, -0.2) is 8.42 Å². The molecule has 0 aliphatic carbocycles. The van der Waals surface area contributed by atoms with E-state index in [2.05, 4.69) is 34.1 Å². The van der Waals surface area contributed by atoms with Crippen molar-refractivity contribution in [3.8, 4) is 0 Å². The number of sulfonamides is 1. The molecule has 3 rings (SSSR count). The third-order valence-electron chi connectivity index (χ3n) is 4.21. The van der Waals surface area contributed by atoms with Crippen LogP contribution in [0, 0.1) is 19.8 Å². The van der Waals surface area contributed by atoms with Crippen LogP contribution in [0.3, 0.4) is 0 Å². The smallest absolute Gasteiger partial charge is 0.262 e. The topological polar surface area (TPSA) is 101 Å². The molecule has 0 saturated heterocycles. The van der Waals surface area contributed by atoms with Crippen LogP contribution >= 0.6 is 23.1 Å². The lowest BCUT2D eigenvalue weighted by Crippen LogP contribution is -2.17. The van der Waals surface area contributed by atoms with Crippen molar-refractivity contribution in [2.75, 3.05) is 15.8 Å². The molecular weight excluding hydrogens is 452 g/mol. The van der Waals surface area contributed by atoms with Gasteiger partial charge in [-0.1, -0.05) is 60.7 Å². The Labute approximate surface area is 190 Å². The third-order valence-corrected chi connectivity index (χ3v) is 8.13. The van der Waals surface area contributed by atoms with Crippen molar-refractivity contribution >= 4 is 49.8 Å². The minimum Gasteiger partial charge on any atom is -0.296 e. The second-order valence-electron chi connectivity index (χ2n) is 7.48. The standard InChI is InChI=1S/C21H24N4O3S3/c1-13(2)12-29-21-24-23-20(30-21)22-19(26)16-8-7-15(4)18(11-16)31(27,28)25-17-9-5-14(3)6-10-17/h5-11,13,25H,12H2,1-4H3,(H,22,23,26). The highest BCUT2D eigenvalue weighted by molar-refractivity contribution is 8.01. The molecule has 2 aromatic carbocycles. The van der Waals surface area contributed by atoms with Gasteiger partial charge >= 0.3 is 0 Å². The summed E-state index contributed by atoms with van der Waals surface area (Å²) in [6, 6.07) is 11.6. The molecule has 0 aliphatic heterocycles. The maximum absolute atomic E-state index is 12.9. The molecule has 0 unspecified atom stereocenters. The van der Waals surface area contributed by atoms with Gasteiger partial charge in [0.1, 0.15) is 0 Å². The predicted molar refractivity (Wildman–Crippen MR) is 127 cm³/mol. The zero-order chi connectivity index (χ0) is 22.6. The Kier molecular flexibility index (Phi) is 7.34. The van der Waals surface area contributed by atoms with E-state index in [4.69, 9.17) is 0 Å². The highest BCUT2D eigenvalue weighted by Crippen LogP contribution is 2.27. The number of nitrogens with one attached hydrogen (secondary N) is 2. The van der Waals surface area contributed by atoms with E-state index < -0.39 is 15.9 Å². The van der Waals surface area contributed by atoms with Crippen molar-refractivity contribution < 1.29 is 13.2 Å².